The predicted molar refractivity (Wildman–Crippen MR) is 72.8 cm³/mol. The molecule has 2 aromatic rings. The van der Waals surface area contributed by atoms with E-state index in [-0.39, 0.29) is 28.9 Å². The average molecular weight is 294 g/mol. The summed E-state index contributed by atoms with van der Waals surface area (Å²) in [5.41, 5.74) is -0.303. The maximum atomic E-state index is 11.6. The number of amides is 1. The molecule has 112 valence electrons. The van der Waals surface area contributed by atoms with Crippen LogP contribution >= 0.6 is 0 Å². The number of rotatable bonds is 4. The van der Waals surface area contributed by atoms with Crippen molar-refractivity contribution in [1.82, 2.24) is 10.3 Å². The minimum Gasteiger partial charge on any atom is -0.388 e. The first-order chi connectivity index (χ1) is 9.88. The van der Waals surface area contributed by atoms with Crippen LogP contribution in [0.15, 0.2) is 32.2 Å². The van der Waals surface area contributed by atoms with Gasteiger partial charge in [-0.05, 0) is 17.7 Å². The van der Waals surface area contributed by atoms with Crippen molar-refractivity contribution in [2.75, 3.05) is 6.54 Å². The summed E-state index contributed by atoms with van der Waals surface area (Å²) in [7, 11) is 0. The number of benzene rings is 1. The lowest BCUT2D eigenvalue weighted by atomic mass is 10.0. The fourth-order valence-corrected chi connectivity index (χ4v) is 1.88. The molecule has 1 heterocycles. The second kappa shape index (κ2) is 5.90. The van der Waals surface area contributed by atoms with Gasteiger partial charge < -0.3 is 19.9 Å². The number of H-pyrrole nitrogens is 1. The largest absolute Gasteiger partial charge is 0.419 e. The number of aliphatic hydroxyl groups excluding tert-OH is 2. The van der Waals surface area contributed by atoms with Crippen molar-refractivity contribution in [3.05, 3.63) is 44.7 Å². The highest BCUT2D eigenvalue weighted by molar-refractivity contribution is 5.77. The third-order valence-electron chi connectivity index (χ3n) is 2.95. The van der Waals surface area contributed by atoms with Gasteiger partial charge in [0.2, 0.25) is 5.91 Å². The van der Waals surface area contributed by atoms with E-state index in [1.807, 2.05) is 0 Å². The summed E-state index contributed by atoms with van der Waals surface area (Å²) >= 11 is 0. The van der Waals surface area contributed by atoms with Gasteiger partial charge in [-0.25, -0.2) is 9.59 Å². The van der Waals surface area contributed by atoms with Gasteiger partial charge >= 0.3 is 11.4 Å². The van der Waals surface area contributed by atoms with Gasteiger partial charge in [-0.2, -0.15) is 0 Å². The molecule has 0 saturated carbocycles. The lowest BCUT2D eigenvalue weighted by Crippen LogP contribution is -2.34. The zero-order chi connectivity index (χ0) is 15.6. The second-order valence-corrected chi connectivity index (χ2v) is 4.56. The minimum absolute atomic E-state index is 0.0814. The number of nitrogens with one attached hydrogen (secondary N) is 2. The van der Waals surface area contributed by atoms with Crippen molar-refractivity contribution in [3.63, 3.8) is 0 Å². The minimum atomic E-state index is -1.30. The van der Waals surface area contributed by atoms with Crippen LogP contribution in [-0.4, -0.2) is 33.8 Å². The molecule has 8 nitrogen and oxygen atoms in total. The fourth-order valence-electron chi connectivity index (χ4n) is 1.88. The number of fused-ring (bicyclic) bond motifs is 1. The highest BCUT2D eigenvalue weighted by Crippen LogP contribution is 2.19. The molecule has 2 unspecified atom stereocenters. The summed E-state index contributed by atoms with van der Waals surface area (Å²) in [6.07, 6.45) is -2.53. The Morgan fingerprint density at radius 2 is 2.10 bits per heavy atom. The third kappa shape index (κ3) is 3.36. The van der Waals surface area contributed by atoms with Crippen LogP contribution in [0.2, 0.25) is 0 Å². The van der Waals surface area contributed by atoms with Crippen molar-refractivity contribution >= 4 is 16.8 Å². The van der Waals surface area contributed by atoms with Gasteiger partial charge in [0.25, 0.3) is 0 Å². The van der Waals surface area contributed by atoms with Gasteiger partial charge in [0.1, 0.15) is 12.2 Å². The van der Waals surface area contributed by atoms with E-state index < -0.39 is 23.6 Å². The zero-order valence-electron chi connectivity index (χ0n) is 11.1. The Morgan fingerprint density at radius 1 is 1.38 bits per heavy atom. The first kappa shape index (κ1) is 14.9. The quantitative estimate of drug-likeness (QED) is 0.572. The molecule has 0 aliphatic rings. The van der Waals surface area contributed by atoms with Gasteiger partial charge in [0.15, 0.2) is 0 Å². The first-order valence-electron chi connectivity index (χ1n) is 6.16. The van der Waals surface area contributed by atoms with Crippen LogP contribution in [0.3, 0.4) is 0 Å². The van der Waals surface area contributed by atoms with E-state index in [1.165, 1.54) is 25.1 Å². The SMILES string of the molecule is CC(=O)NCC(O)C(O)c1ccc2[nH]c(=O)oc(=O)c2c1. The summed E-state index contributed by atoms with van der Waals surface area (Å²) in [5, 5.41) is 22.2. The second-order valence-electron chi connectivity index (χ2n) is 4.56. The van der Waals surface area contributed by atoms with Crippen LogP contribution in [-0.2, 0) is 4.79 Å². The molecule has 8 heteroatoms. The predicted octanol–water partition coefficient (Wildman–Crippen LogP) is -0.988. The Labute approximate surface area is 118 Å². The maximum absolute atomic E-state index is 11.6. The van der Waals surface area contributed by atoms with Gasteiger partial charge in [-0.1, -0.05) is 6.07 Å². The van der Waals surface area contributed by atoms with Crippen molar-refractivity contribution < 1.29 is 19.4 Å². The summed E-state index contributed by atoms with van der Waals surface area (Å²) in [6.45, 7) is 1.16. The van der Waals surface area contributed by atoms with Crippen LogP contribution in [0, 0.1) is 0 Å². The number of aromatic amines is 1. The number of aromatic nitrogens is 1. The Kier molecular flexibility index (Phi) is 4.20. The number of hydrogen-bond donors (Lipinski definition) is 4. The Hall–Kier alpha value is -2.45. The molecule has 0 bridgehead atoms. The molecule has 0 saturated heterocycles. The molecule has 21 heavy (non-hydrogen) atoms. The molecule has 1 aromatic carbocycles. The van der Waals surface area contributed by atoms with E-state index in [0.29, 0.717) is 0 Å². The average Bonchev–Trinajstić information content (AvgIpc) is 2.43. The lowest BCUT2D eigenvalue weighted by Gasteiger charge is -2.18. The van der Waals surface area contributed by atoms with Crippen molar-refractivity contribution in [3.8, 4) is 0 Å². The van der Waals surface area contributed by atoms with Crippen molar-refractivity contribution in [2.24, 2.45) is 0 Å². The summed E-state index contributed by atoms with van der Waals surface area (Å²) in [6, 6.07) is 4.20. The molecule has 0 fully saturated rings. The topological polar surface area (TPSA) is 133 Å². The van der Waals surface area contributed by atoms with E-state index in [9.17, 15) is 24.6 Å². The normalized spacial score (nSPS) is 13.9. The summed E-state index contributed by atoms with van der Waals surface area (Å²) < 4.78 is 4.40. The number of aliphatic hydroxyl groups is 2. The highest BCUT2D eigenvalue weighted by atomic mass is 16.4. The van der Waals surface area contributed by atoms with E-state index >= 15 is 0 Å². The first-order valence-corrected chi connectivity index (χ1v) is 6.16. The number of hydrogen-bond acceptors (Lipinski definition) is 6. The van der Waals surface area contributed by atoms with Gasteiger partial charge in [-0.15, -0.1) is 0 Å². The molecule has 1 amide bonds. The number of carbonyl (C=O) groups is 1. The molecule has 2 rings (SSSR count). The molecule has 0 aliphatic carbocycles. The van der Waals surface area contributed by atoms with Gasteiger partial charge in [0.05, 0.1) is 10.9 Å². The fraction of sp³-hybridized carbons (Fsp3) is 0.308. The molecule has 1 aromatic heterocycles. The van der Waals surface area contributed by atoms with Crippen LogP contribution in [0.5, 0.6) is 0 Å². The molecule has 0 spiro atoms. The lowest BCUT2D eigenvalue weighted by molar-refractivity contribution is -0.119. The zero-order valence-corrected chi connectivity index (χ0v) is 11.1. The number of carbonyl (C=O) groups excluding carboxylic acids is 1. The third-order valence-corrected chi connectivity index (χ3v) is 2.95. The Morgan fingerprint density at radius 3 is 2.76 bits per heavy atom. The Balaban J connectivity index is 2.32. The summed E-state index contributed by atoms with van der Waals surface area (Å²) in [5.74, 6) is -1.20. The van der Waals surface area contributed by atoms with Gasteiger partial charge in [-0.3, -0.25) is 9.78 Å². The molecule has 0 aliphatic heterocycles. The van der Waals surface area contributed by atoms with Crippen LogP contribution in [0.1, 0.15) is 18.6 Å². The van der Waals surface area contributed by atoms with Crippen molar-refractivity contribution in [1.29, 1.82) is 0 Å². The van der Waals surface area contributed by atoms with E-state index in [2.05, 4.69) is 14.7 Å². The van der Waals surface area contributed by atoms with Crippen LogP contribution in [0.4, 0.5) is 0 Å². The van der Waals surface area contributed by atoms with E-state index in [1.54, 1.807) is 0 Å². The highest BCUT2D eigenvalue weighted by Gasteiger charge is 2.19. The van der Waals surface area contributed by atoms with Gasteiger partial charge in [0, 0.05) is 13.5 Å². The molecule has 4 N–H and O–H groups in total. The Bertz CT molecular complexity index is 778. The van der Waals surface area contributed by atoms with Crippen LogP contribution < -0.4 is 16.7 Å². The molecular formula is C13H14N2O6. The van der Waals surface area contributed by atoms with E-state index in [4.69, 9.17) is 0 Å². The van der Waals surface area contributed by atoms with Crippen LogP contribution in [0.25, 0.3) is 10.9 Å². The molecule has 0 radical (unpaired) electrons. The maximum Gasteiger partial charge on any atom is 0.419 e. The van der Waals surface area contributed by atoms with Crippen molar-refractivity contribution in [2.45, 2.75) is 19.1 Å². The molecular weight excluding hydrogens is 280 g/mol. The van der Waals surface area contributed by atoms with E-state index in [0.717, 1.165) is 0 Å². The standard InChI is InChI=1S/C13H14N2O6/c1-6(16)14-5-10(17)11(18)7-2-3-9-8(4-7)12(19)21-13(20)15-9/h2-4,10-11,17-18H,5H2,1H3,(H,14,16)(H,15,20). The molecule has 2 atom stereocenters. The summed E-state index contributed by atoms with van der Waals surface area (Å²) in [4.78, 5) is 35.7. The smallest absolute Gasteiger partial charge is 0.388 e. The monoisotopic (exact) mass is 294 g/mol.